The van der Waals surface area contributed by atoms with Crippen LogP contribution < -0.4 is 5.56 Å². The van der Waals surface area contributed by atoms with Gasteiger partial charge >= 0.3 is 0 Å². The fourth-order valence-corrected chi connectivity index (χ4v) is 2.15. The van der Waals surface area contributed by atoms with Gasteiger partial charge in [-0.2, -0.15) is 5.26 Å². The van der Waals surface area contributed by atoms with Gasteiger partial charge in [-0.1, -0.05) is 11.8 Å². The standard InChI is InChI=1S/C12H8FN3OS/c13-10-4-8(6-14)3-9(5-10)7-18-12-15-2-1-11(17)16-12/h1-5H,7H2,(H,15,16,17). The number of aromatic nitrogens is 2. The van der Waals surface area contributed by atoms with E-state index in [1.54, 1.807) is 6.07 Å². The van der Waals surface area contributed by atoms with Crippen LogP contribution in [0.5, 0.6) is 0 Å². The third-order valence-corrected chi connectivity index (χ3v) is 3.07. The molecule has 0 unspecified atom stereocenters. The minimum Gasteiger partial charge on any atom is -0.301 e. The largest absolute Gasteiger partial charge is 0.301 e. The van der Waals surface area contributed by atoms with Crippen molar-refractivity contribution in [2.24, 2.45) is 0 Å². The molecule has 0 bridgehead atoms. The summed E-state index contributed by atoms with van der Waals surface area (Å²) < 4.78 is 13.2. The highest BCUT2D eigenvalue weighted by molar-refractivity contribution is 7.98. The highest BCUT2D eigenvalue weighted by Crippen LogP contribution is 2.19. The molecule has 90 valence electrons. The average Bonchev–Trinajstić information content (AvgIpc) is 2.36. The number of thioether (sulfide) groups is 1. The Kier molecular flexibility index (Phi) is 3.75. The molecule has 0 aliphatic rings. The molecular weight excluding hydrogens is 253 g/mol. The maximum atomic E-state index is 13.2. The molecule has 0 saturated carbocycles. The van der Waals surface area contributed by atoms with Gasteiger partial charge in [-0.3, -0.25) is 4.79 Å². The number of nitriles is 1. The number of nitrogens with zero attached hydrogens (tertiary/aromatic N) is 2. The second kappa shape index (κ2) is 5.47. The summed E-state index contributed by atoms with van der Waals surface area (Å²) >= 11 is 1.27. The zero-order valence-electron chi connectivity index (χ0n) is 9.18. The predicted molar refractivity (Wildman–Crippen MR) is 65.5 cm³/mol. The van der Waals surface area contributed by atoms with Crippen molar-refractivity contribution in [3.05, 3.63) is 57.8 Å². The van der Waals surface area contributed by atoms with Crippen LogP contribution >= 0.6 is 11.8 Å². The number of halogens is 1. The van der Waals surface area contributed by atoms with Crippen LogP contribution in [0.1, 0.15) is 11.1 Å². The van der Waals surface area contributed by atoms with Crippen LogP contribution in [-0.4, -0.2) is 9.97 Å². The number of benzene rings is 1. The van der Waals surface area contributed by atoms with Gasteiger partial charge in [0.05, 0.1) is 11.6 Å². The Balaban J connectivity index is 2.13. The van der Waals surface area contributed by atoms with Crippen LogP contribution in [0.25, 0.3) is 0 Å². The van der Waals surface area contributed by atoms with E-state index in [1.165, 1.54) is 36.2 Å². The van der Waals surface area contributed by atoms with Crippen molar-refractivity contribution in [1.82, 2.24) is 9.97 Å². The Hall–Kier alpha value is -2.13. The first-order chi connectivity index (χ1) is 8.67. The summed E-state index contributed by atoms with van der Waals surface area (Å²) in [4.78, 5) is 17.6. The minimum absolute atomic E-state index is 0.232. The van der Waals surface area contributed by atoms with Crippen molar-refractivity contribution in [3.8, 4) is 6.07 Å². The molecule has 2 aromatic rings. The van der Waals surface area contributed by atoms with Gasteiger partial charge in [0.2, 0.25) is 0 Å². The summed E-state index contributed by atoms with van der Waals surface area (Å²) in [7, 11) is 0. The maximum Gasteiger partial charge on any atom is 0.251 e. The van der Waals surface area contributed by atoms with Gasteiger partial charge in [-0.25, -0.2) is 9.37 Å². The molecule has 6 heteroatoms. The lowest BCUT2D eigenvalue weighted by molar-refractivity contribution is 0.626. The zero-order chi connectivity index (χ0) is 13.0. The van der Waals surface area contributed by atoms with Crippen molar-refractivity contribution in [3.63, 3.8) is 0 Å². The van der Waals surface area contributed by atoms with Crippen molar-refractivity contribution in [1.29, 1.82) is 5.26 Å². The third kappa shape index (κ3) is 3.18. The smallest absolute Gasteiger partial charge is 0.251 e. The Morgan fingerprint density at radius 1 is 1.44 bits per heavy atom. The summed E-state index contributed by atoms with van der Waals surface area (Å²) in [5, 5.41) is 9.19. The number of rotatable bonds is 3. The van der Waals surface area contributed by atoms with Crippen LogP contribution in [0, 0.1) is 17.1 Å². The average molecular weight is 261 g/mol. The van der Waals surface area contributed by atoms with E-state index in [0.29, 0.717) is 16.5 Å². The van der Waals surface area contributed by atoms with E-state index < -0.39 is 5.82 Å². The molecule has 0 radical (unpaired) electrons. The van der Waals surface area contributed by atoms with Crippen LogP contribution in [0.15, 0.2) is 40.4 Å². The van der Waals surface area contributed by atoms with E-state index in [4.69, 9.17) is 5.26 Å². The van der Waals surface area contributed by atoms with Gasteiger partial charge in [0.15, 0.2) is 5.16 Å². The lowest BCUT2D eigenvalue weighted by Crippen LogP contribution is -2.05. The molecule has 2 rings (SSSR count). The molecule has 0 saturated heterocycles. The van der Waals surface area contributed by atoms with E-state index in [2.05, 4.69) is 9.97 Å². The molecular formula is C12H8FN3OS. The highest BCUT2D eigenvalue weighted by atomic mass is 32.2. The first kappa shape index (κ1) is 12.3. The fraction of sp³-hybridized carbons (Fsp3) is 0.0833. The summed E-state index contributed by atoms with van der Waals surface area (Å²) in [6, 6.07) is 7.35. The van der Waals surface area contributed by atoms with Crippen LogP contribution in [-0.2, 0) is 5.75 Å². The van der Waals surface area contributed by atoms with E-state index in [1.807, 2.05) is 6.07 Å². The Morgan fingerprint density at radius 2 is 2.28 bits per heavy atom. The van der Waals surface area contributed by atoms with Crippen molar-refractivity contribution in [2.75, 3.05) is 0 Å². The van der Waals surface area contributed by atoms with Gasteiger partial charge in [-0.15, -0.1) is 0 Å². The number of H-pyrrole nitrogens is 1. The monoisotopic (exact) mass is 261 g/mol. The summed E-state index contributed by atoms with van der Waals surface area (Å²) in [6.07, 6.45) is 1.41. The van der Waals surface area contributed by atoms with Crippen molar-refractivity contribution >= 4 is 11.8 Å². The molecule has 0 spiro atoms. The van der Waals surface area contributed by atoms with Crippen LogP contribution in [0.2, 0.25) is 0 Å². The fourth-order valence-electron chi connectivity index (χ4n) is 1.38. The SMILES string of the molecule is N#Cc1cc(F)cc(CSc2nccc(=O)[nH]2)c1. The van der Waals surface area contributed by atoms with E-state index in [9.17, 15) is 9.18 Å². The molecule has 1 heterocycles. The molecule has 0 atom stereocenters. The van der Waals surface area contributed by atoms with Gasteiger partial charge in [0.25, 0.3) is 5.56 Å². The summed E-state index contributed by atoms with van der Waals surface area (Å²) in [6.45, 7) is 0. The lowest BCUT2D eigenvalue weighted by atomic mass is 10.1. The van der Waals surface area contributed by atoms with Crippen LogP contribution in [0.3, 0.4) is 0 Å². The molecule has 0 fully saturated rings. The predicted octanol–water partition coefficient (Wildman–Crippen LogP) is 2.07. The summed E-state index contributed by atoms with van der Waals surface area (Å²) in [5.41, 5.74) is 0.715. The van der Waals surface area contributed by atoms with Crippen LogP contribution in [0.4, 0.5) is 4.39 Å². The topological polar surface area (TPSA) is 69.5 Å². The van der Waals surface area contributed by atoms with Crippen molar-refractivity contribution < 1.29 is 4.39 Å². The van der Waals surface area contributed by atoms with Gasteiger partial charge in [0.1, 0.15) is 5.82 Å². The van der Waals surface area contributed by atoms with Gasteiger partial charge in [-0.05, 0) is 23.8 Å². The molecule has 18 heavy (non-hydrogen) atoms. The Labute approximate surface area is 107 Å². The molecule has 4 nitrogen and oxygen atoms in total. The molecule has 0 amide bonds. The Morgan fingerprint density at radius 3 is 3.00 bits per heavy atom. The molecule has 0 aliphatic heterocycles. The first-order valence-electron chi connectivity index (χ1n) is 5.05. The lowest BCUT2D eigenvalue weighted by Gasteiger charge is -2.02. The highest BCUT2D eigenvalue weighted by Gasteiger charge is 2.03. The van der Waals surface area contributed by atoms with E-state index >= 15 is 0 Å². The maximum absolute atomic E-state index is 13.2. The van der Waals surface area contributed by atoms with E-state index in [0.717, 1.165) is 0 Å². The third-order valence-electron chi connectivity index (χ3n) is 2.11. The number of aromatic amines is 1. The quantitative estimate of drug-likeness (QED) is 0.678. The number of hydrogen-bond donors (Lipinski definition) is 1. The van der Waals surface area contributed by atoms with Crippen molar-refractivity contribution in [2.45, 2.75) is 10.9 Å². The van der Waals surface area contributed by atoms with Gasteiger partial charge < -0.3 is 4.98 Å². The molecule has 1 aromatic heterocycles. The molecule has 0 aliphatic carbocycles. The molecule has 1 N–H and O–H groups in total. The second-order valence-electron chi connectivity index (χ2n) is 3.49. The second-order valence-corrected chi connectivity index (χ2v) is 4.45. The normalized spacial score (nSPS) is 10.0. The Bertz CT molecular complexity index is 663. The zero-order valence-corrected chi connectivity index (χ0v) is 10.00. The first-order valence-corrected chi connectivity index (χ1v) is 6.03. The number of hydrogen-bond acceptors (Lipinski definition) is 4. The number of nitrogens with one attached hydrogen (secondary N) is 1. The van der Waals surface area contributed by atoms with Gasteiger partial charge in [0, 0.05) is 18.0 Å². The summed E-state index contributed by atoms with van der Waals surface area (Å²) in [5.74, 6) is -0.0153. The molecule has 1 aromatic carbocycles. The minimum atomic E-state index is -0.445. The van der Waals surface area contributed by atoms with E-state index in [-0.39, 0.29) is 11.1 Å².